The summed E-state index contributed by atoms with van der Waals surface area (Å²) in [4.78, 5) is 27.4. The van der Waals surface area contributed by atoms with Crippen LogP contribution in [0.5, 0.6) is 0 Å². The molecule has 0 saturated carbocycles. The summed E-state index contributed by atoms with van der Waals surface area (Å²) < 4.78 is 1.84. The molecule has 1 aromatic carbocycles. The van der Waals surface area contributed by atoms with Gasteiger partial charge < -0.3 is 9.47 Å². The van der Waals surface area contributed by atoms with Crippen LogP contribution in [0.4, 0.5) is 0 Å². The first kappa shape index (κ1) is 17.5. The number of benzene rings is 1. The Bertz CT molecular complexity index is 838. The maximum atomic E-state index is 13.1. The molecule has 0 fully saturated rings. The van der Waals surface area contributed by atoms with E-state index in [-0.39, 0.29) is 22.9 Å². The molecule has 0 unspecified atom stereocenters. The number of pyridine rings is 1. The fraction of sp³-hybridized carbons (Fsp3) is 0.429. The number of hydrogen-bond acceptors (Lipinski definition) is 2. The highest BCUT2D eigenvalue weighted by atomic mass is 16.2. The normalized spacial score (nSPS) is 16.4. The number of rotatable bonds is 4. The van der Waals surface area contributed by atoms with Crippen LogP contribution in [0.25, 0.3) is 0 Å². The molecule has 0 aliphatic heterocycles. The van der Waals surface area contributed by atoms with Crippen LogP contribution in [0, 0.1) is 6.92 Å². The fourth-order valence-corrected chi connectivity index (χ4v) is 3.68. The van der Waals surface area contributed by atoms with Gasteiger partial charge in [-0.05, 0) is 43.7 Å². The maximum Gasteiger partial charge on any atom is 0.259 e. The van der Waals surface area contributed by atoms with Crippen molar-refractivity contribution in [3.63, 3.8) is 0 Å². The quantitative estimate of drug-likeness (QED) is 0.860. The van der Waals surface area contributed by atoms with Gasteiger partial charge >= 0.3 is 0 Å². The van der Waals surface area contributed by atoms with Crippen molar-refractivity contribution >= 4 is 5.91 Å². The summed E-state index contributed by atoms with van der Waals surface area (Å²) in [5.41, 5.74) is 3.66. The fourth-order valence-electron chi connectivity index (χ4n) is 3.68. The SMILES string of the molecule is CCCN(C(=O)c1cn(C)c(C)cc1=O)[C@H]1CCc2ccccc2C1. The van der Waals surface area contributed by atoms with E-state index in [2.05, 4.69) is 31.2 Å². The van der Waals surface area contributed by atoms with Gasteiger partial charge in [-0.3, -0.25) is 9.59 Å². The molecule has 1 amide bonds. The van der Waals surface area contributed by atoms with Crippen LogP contribution in [0.1, 0.15) is 46.9 Å². The Hall–Kier alpha value is -2.36. The van der Waals surface area contributed by atoms with E-state index in [1.165, 1.54) is 11.1 Å². The lowest BCUT2D eigenvalue weighted by atomic mass is 9.87. The van der Waals surface area contributed by atoms with Crippen molar-refractivity contribution in [2.75, 3.05) is 6.54 Å². The smallest absolute Gasteiger partial charge is 0.259 e. The van der Waals surface area contributed by atoms with Crippen molar-refractivity contribution < 1.29 is 4.79 Å². The van der Waals surface area contributed by atoms with Gasteiger partial charge in [-0.15, -0.1) is 0 Å². The highest BCUT2D eigenvalue weighted by Gasteiger charge is 2.29. The number of carbonyl (C=O) groups is 1. The van der Waals surface area contributed by atoms with Gasteiger partial charge in [-0.2, -0.15) is 0 Å². The Morgan fingerprint density at radius 2 is 2.00 bits per heavy atom. The number of amides is 1. The van der Waals surface area contributed by atoms with Crippen molar-refractivity contribution in [3.8, 4) is 0 Å². The van der Waals surface area contributed by atoms with Gasteiger partial charge in [0.25, 0.3) is 5.91 Å². The molecule has 1 heterocycles. The largest absolute Gasteiger partial charge is 0.354 e. The van der Waals surface area contributed by atoms with Gasteiger partial charge in [0, 0.05) is 37.6 Å². The van der Waals surface area contributed by atoms with Gasteiger partial charge in [0.1, 0.15) is 5.56 Å². The maximum absolute atomic E-state index is 13.1. The average Bonchev–Trinajstić information content (AvgIpc) is 2.62. The van der Waals surface area contributed by atoms with Crippen molar-refractivity contribution in [2.24, 2.45) is 7.05 Å². The molecule has 132 valence electrons. The standard InChI is InChI=1S/C21H26N2O2/c1-4-11-23(18-10-9-16-7-5-6-8-17(16)13-18)21(25)19-14-22(3)15(2)12-20(19)24/h5-8,12,14,18H,4,9-11,13H2,1-3H3/t18-/m0/s1. The summed E-state index contributed by atoms with van der Waals surface area (Å²) in [6.07, 6.45) is 5.37. The van der Waals surface area contributed by atoms with Crippen LogP contribution in [0.3, 0.4) is 0 Å². The molecular weight excluding hydrogens is 312 g/mol. The predicted octanol–water partition coefficient (Wildman–Crippen LogP) is 3.10. The van der Waals surface area contributed by atoms with Crippen molar-refractivity contribution in [1.29, 1.82) is 0 Å². The van der Waals surface area contributed by atoms with Gasteiger partial charge in [-0.25, -0.2) is 0 Å². The first-order valence-corrected chi connectivity index (χ1v) is 9.06. The average molecular weight is 338 g/mol. The molecule has 1 aromatic heterocycles. The topological polar surface area (TPSA) is 42.3 Å². The van der Waals surface area contributed by atoms with Crippen LogP contribution in [-0.4, -0.2) is 28.0 Å². The summed E-state index contributed by atoms with van der Waals surface area (Å²) in [7, 11) is 1.87. The van der Waals surface area contributed by atoms with Gasteiger partial charge in [0.2, 0.25) is 0 Å². The molecule has 0 N–H and O–H groups in total. The second-order valence-electron chi connectivity index (χ2n) is 6.97. The molecule has 0 spiro atoms. The van der Waals surface area contributed by atoms with Crippen molar-refractivity contribution in [2.45, 2.75) is 45.6 Å². The lowest BCUT2D eigenvalue weighted by Gasteiger charge is -2.35. The zero-order chi connectivity index (χ0) is 18.0. The van der Waals surface area contributed by atoms with E-state index in [4.69, 9.17) is 0 Å². The molecule has 25 heavy (non-hydrogen) atoms. The summed E-state index contributed by atoms with van der Waals surface area (Å²) in [5.74, 6) is -0.133. The lowest BCUT2D eigenvalue weighted by Crippen LogP contribution is -2.45. The van der Waals surface area contributed by atoms with E-state index < -0.39 is 0 Å². The van der Waals surface area contributed by atoms with Gasteiger partial charge in [0.15, 0.2) is 5.43 Å². The second-order valence-corrected chi connectivity index (χ2v) is 6.97. The summed E-state index contributed by atoms with van der Waals surface area (Å²) >= 11 is 0. The number of nitrogens with zero attached hydrogens (tertiary/aromatic N) is 2. The van der Waals surface area contributed by atoms with Crippen LogP contribution < -0.4 is 5.43 Å². The van der Waals surface area contributed by atoms with E-state index in [1.54, 1.807) is 12.3 Å². The highest BCUT2D eigenvalue weighted by molar-refractivity contribution is 5.94. The van der Waals surface area contributed by atoms with Gasteiger partial charge in [-0.1, -0.05) is 31.2 Å². The molecule has 0 radical (unpaired) electrons. The summed E-state index contributed by atoms with van der Waals surface area (Å²) in [5, 5.41) is 0. The molecular formula is C21H26N2O2. The van der Waals surface area contributed by atoms with E-state index in [0.29, 0.717) is 6.54 Å². The molecule has 2 aromatic rings. The Morgan fingerprint density at radius 3 is 2.72 bits per heavy atom. The second kappa shape index (κ2) is 7.26. The van der Waals surface area contributed by atoms with E-state index in [0.717, 1.165) is 31.4 Å². The zero-order valence-electron chi connectivity index (χ0n) is 15.3. The lowest BCUT2D eigenvalue weighted by molar-refractivity contribution is 0.0659. The minimum atomic E-state index is -0.182. The minimum absolute atomic E-state index is 0.133. The van der Waals surface area contributed by atoms with Crippen LogP contribution in [0.2, 0.25) is 0 Å². The monoisotopic (exact) mass is 338 g/mol. The Balaban J connectivity index is 1.90. The molecule has 3 rings (SSSR count). The number of fused-ring (bicyclic) bond motifs is 1. The molecule has 4 heteroatoms. The van der Waals surface area contributed by atoms with Crippen LogP contribution >= 0.6 is 0 Å². The Kier molecular flexibility index (Phi) is 5.07. The van der Waals surface area contributed by atoms with Crippen molar-refractivity contribution in [3.05, 3.63) is 69.1 Å². The third kappa shape index (κ3) is 3.53. The van der Waals surface area contributed by atoms with E-state index in [1.807, 2.05) is 23.4 Å². The molecule has 0 saturated heterocycles. The molecule has 1 aliphatic carbocycles. The van der Waals surface area contributed by atoms with Crippen molar-refractivity contribution in [1.82, 2.24) is 9.47 Å². The van der Waals surface area contributed by atoms with Gasteiger partial charge in [0.05, 0.1) is 0 Å². The summed E-state index contributed by atoms with van der Waals surface area (Å²) in [6.45, 7) is 4.63. The third-order valence-corrected chi connectivity index (χ3v) is 5.20. The van der Waals surface area contributed by atoms with E-state index >= 15 is 0 Å². The Labute approximate surface area is 149 Å². The Morgan fingerprint density at radius 1 is 1.28 bits per heavy atom. The first-order chi connectivity index (χ1) is 12.0. The number of hydrogen-bond donors (Lipinski definition) is 0. The molecule has 1 aliphatic rings. The number of aryl methyl sites for hydroxylation is 3. The van der Waals surface area contributed by atoms with Crippen LogP contribution in [0.15, 0.2) is 41.3 Å². The molecule has 4 nitrogen and oxygen atoms in total. The molecule has 0 bridgehead atoms. The zero-order valence-corrected chi connectivity index (χ0v) is 15.3. The number of carbonyl (C=O) groups excluding carboxylic acids is 1. The predicted molar refractivity (Wildman–Crippen MR) is 100 cm³/mol. The number of aromatic nitrogens is 1. The van der Waals surface area contributed by atoms with Crippen LogP contribution in [-0.2, 0) is 19.9 Å². The minimum Gasteiger partial charge on any atom is -0.354 e. The highest BCUT2D eigenvalue weighted by Crippen LogP contribution is 2.25. The van der Waals surface area contributed by atoms with E-state index in [9.17, 15) is 9.59 Å². The summed E-state index contributed by atoms with van der Waals surface area (Å²) in [6, 6.07) is 10.2. The third-order valence-electron chi connectivity index (χ3n) is 5.20. The first-order valence-electron chi connectivity index (χ1n) is 9.06. The molecule has 1 atom stereocenters.